The predicted molar refractivity (Wildman–Crippen MR) is 126 cm³/mol. The molecule has 0 saturated heterocycles. The number of alkyl halides is 6. The first-order chi connectivity index (χ1) is 16.8. The van der Waals surface area contributed by atoms with Crippen LogP contribution >= 0.6 is 34.8 Å². The molecular weight excluding hydrogens is 553 g/mol. The molecule has 3 nitrogen and oxygen atoms in total. The molecule has 3 rings (SSSR count). The van der Waals surface area contributed by atoms with Gasteiger partial charge in [0.25, 0.3) is 5.91 Å². The molecule has 0 saturated carbocycles. The fraction of sp³-hybridized carbons (Fsp3) is 0.167. The number of halogens is 9. The van der Waals surface area contributed by atoms with Crippen molar-refractivity contribution in [2.45, 2.75) is 24.8 Å². The number of carbonyl (C=O) groups is 1. The number of rotatable bonds is 6. The van der Waals surface area contributed by atoms with Crippen LogP contribution in [0.2, 0.25) is 15.1 Å². The van der Waals surface area contributed by atoms with Gasteiger partial charge in [-0.15, -0.1) is 0 Å². The number of hydrogen-bond acceptors (Lipinski definition) is 2. The average Bonchev–Trinajstić information content (AvgIpc) is 2.80. The Morgan fingerprint density at radius 3 is 2.22 bits per heavy atom. The molecule has 0 radical (unpaired) electrons. The maximum absolute atomic E-state index is 13.7. The van der Waals surface area contributed by atoms with Crippen molar-refractivity contribution in [3.05, 3.63) is 104 Å². The van der Waals surface area contributed by atoms with Gasteiger partial charge in [0.1, 0.15) is 0 Å². The molecule has 0 fully saturated rings. The molecule has 0 aliphatic heterocycles. The molecule has 190 valence electrons. The Kier molecular flexibility index (Phi) is 8.59. The minimum absolute atomic E-state index is 0.118. The van der Waals surface area contributed by atoms with E-state index < -0.39 is 36.3 Å². The molecule has 1 N–H and O–H groups in total. The van der Waals surface area contributed by atoms with Crippen molar-refractivity contribution in [2.75, 3.05) is 0 Å². The second-order valence-corrected chi connectivity index (χ2v) is 8.71. The van der Waals surface area contributed by atoms with Gasteiger partial charge in [0.15, 0.2) is 0 Å². The Bertz CT molecular complexity index is 1250. The molecule has 1 amide bonds. The highest BCUT2D eigenvalue weighted by Crippen LogP contribution is 2.41. The lowest BCUT2D eigenvalue weighted by Crippen LogP contribution is -2.24. The summed E-state index contributed by atoms with van der Waals surface area (Å²) in [6, 6.07) is 7.94. The van der Waals surface area contributed by atoms with Gasteiger partial charge in [0.2, 0.25) is 0 Å². The SMILES string of the molecule is O=C(NCc1ccc(C=CC(c2cc(Cl)c(Cl)c(Cl)c2)C(F)(F)F)cc1C(F)(F)F)c1cccnc1. The van der Waals surface area contributed by atoms with Crippen LogP contribution in [-0.4, -0.2) is 17.1 Å². The number of pyridine rings is 1. The van der Waals surface area contributed by atoms with Crippen LogP contribution in [0.25, 0.3) is 6.08 Å². The summed E-state index contributed by atoms with van der Waals surface area (Å²) in [5.74, 6) is -2.84. The van der Waals surface area contributed by atoms with Gasteiger partial charge >= 0.3 is 12.4 Å². The zero-order valence-electron chi connectivity index (χ0n) is 17.9. The minimum atomic E-state index is -4.82. The van der Waals surface area contributed by atoms with Crippen LogP contribution < -0.4 is 5.32 Å². The number of nitrogens with zero attached hydrogens (tertiary/aromatic N) is 1. The molecule has 36 heavy (non-hydrogen) atoms. The van der Waals surface area contributed by atoms with Gasteiger partial charge in [-0.2, -0.15) is 26.3 Å². The third-order valence-electron chi connectivity index (χ3n) is 5.00. The van der Waals surface area contributed by atoms with Crippen LogP contribution in [0.15, 0.2) is 60.9 Å². The van der Waals surface area contributed by atoms with Crippen LogP contribution in [-0.2, 0) is 12.7 Å². The Labute approximate surface area is 216 Å². The smallest absolute Gasteiger partial charge is 0.348 e. The largest absolute Gasteiger partial charge is 0.416 e. The van der Waals surface area contributed by atoms with E-state index in [1.165, 1.54) is 30.6 Å². The zero-order valence-corrected chi connectivity index (χ0v) is 20.2. The average molecular weight is 568 g/mol. The van der Waals surface area contributed by atoms with Crippen LogP contribution in [0.1, 0.15) is 38.5 Å². The van der Waals surface area contributed by atoms with Crippen molar-refractivity contribution in [1.29, 1.82) is 0 Å². The second-order valence-electron chi connectivity index (χ2n) is 7.52. The second kappa shape index (κ2) is 11.1. The summed E-state index contributed by atoms with van der Waals surface area (Å²) in [4.78, 5) is 15.9. The molecule has 0 aliphatic carbocycles. The van der Waals surface area contributed by atoms with E-state index >= 15 is 0 Å². The Hall–Kier alpha value is -2.75. The molecule has 0 aliphatic rings. The molecule has 0 bridgehead atoms. The Balaban J connectivity index is 1.90. The highest BCUT2D eigenvalue weighted by Gasteiger charge is 2.39. The molecule has 1 atom stereocenters. The lowest BCUT2D eigenvalue weighted by Gasteiger charge is -2.19. The summed E-state index contributed by atoms with van der Waals surface area (Å²) in [6.45, 7) is -0.459. The molecule has 0 spiro atoms. The molecule has 3 aromatic rings. The minimum Gasteiger partial charge on any atom is -0.348 e. The number of benzene rings is 2. The van der Waals surface area contributed by atoms with Gasteiger partial charge < -0.3 is 5.32 Å². The standard InChI is InChI=1S/C24H15Cl3F6N2O/c25-19-9-16(10-20(26)21(19)27)17(23(28,29)30)6-4-13-3-5-14(18(8-13)24(31,32)33)12-35-22(36)15-2-1-7-34-11-15/h1-11,17H,12H2,(H,35,36). The van der Waals surface area contributed by atoms with Crippen molar-refractivity contribution in [1.82, 2.24) is 10.3 Å². The van der Waals surface area contributed by atoms with E-state index in [0.29, 0.717) is 12.1 Å². The third-order valence-corrected chi connectivity index (χ3v) is 6.20. The van der Waals surface area contributed by atoms with Gasteiger partial charge in [-0.05, 0) is 47.0 Å². The van der Waals surface area contributed by atoms with Gasteiger partial charge in [-0.25, -0.2) is 0 Å². The molecule has 1 aromatic heterocycles. The lowest BCUT2D eigenvalue weighted by atomic mass is 9.96. The van der Waals surface area contributed by atoms with E-state index in [0.717, 1.165) is 24.3 Å². The molecule has 12 heteroatoms. The fourth-order valence-corrected chi connectivity index (χ4v) is 3.87. The fourth-order valence-electron chi connectivity index (χ4n) is 3.26. The summed E-state index contributed by atoms with van der Waals surface area (Å²) in [5.41, 5.74) is -1.67. The van der Waals surface area contributed by atoms with Gasteiger partial charge in [-0.3, -0.25) is 9.78 Å². The van der Waals surface area contributed by atoms with Crippen molar-refractivity contribution >= 4 is 46.8 Å². The number of amides is 1. The van der Waals surface area contributed by atoms with E-state index in [1.54, 1.807) is 0 Å². The summed E-state index contributed by atoms with van der Waals surface area (Å²) in [7, 11) is 0. The maximum Gasteiger partial charge on any atom is 0.416 e. The van der Waals surface area contributed by atoms with Crippen LogP contribution in [0.3, 0.4) is 0 Å². The maximum atomic E-state index is 13.7. The summed E-state index contributed by atoms with van der Waals surface area (Å²) >= 11 is 17.5. The molecule has 2 aromatic carbocycles. The van der Waals surface area contributed by atoms with E-state index in [2.05, 4.69) is 10.3 Å². The van der Waals surface area contributed by atoms with Crippen molar-refractivity contribution < 1.29 is 31.1 Å². The van der Waals surface area contributed by atoms with Gasteiger partial charge in [-0.1, -0.05) is 59.1 Å². The summed E-state index contributed by atoms with van der Waals surface area (Å²) < 4.78 is 82.2. The van der Waals surface area contributed by atoms with E-state index in [9.17, 15) is 31.1 Å². The number of allylic oxidation sites excluding steroid dienone is 1. The van der Waals surface area contributed by atoms with E-state index in [4.69, 9.17) is 34.8 Å². The van der Waals surface area contributed by atoms with Crippen LogP contribution in [0, 0.1) is 0 Å². The third kappa shape index (κ3) is 6.93. The zero-order chi connectivity index (χ0) is 26.7. The van der Waals surface area contributed by atoms with Crippen molar-refractivity contribution in [2.24, 2.45) is 0 Å². The Morgan fingerprint density at radius 1 is 1.00 bits per heavy atom. The number of aromatic nitrogens is 1. The van der Waals surface area contributed by atoms with E-state index in [-0.39, 0.29) is 37.3 Å². The quantitative estimate of drug-likeness (QED) is 0.240. The molecular formula is C24H15Cl3F6N2O. The van der Waals surface area contributed by atoms with Crippen LogP contribution in [0.5, 0.6) is 0 Å². The molecule has 1 heterocycles. The first-order valence-corrected chi connectivity index (χ1v) is 11.2. The van der Waals surface area contributed by atoms with Crippen molar-refractivity contribution in [3.63, 3.8) is 0 Å². The lowest BCUT2D eigenvalue weighted by molar-refractivity contribution is -0.140. The first-order valence-electron chi connectivity index (χ1n) is 10.0. The highest BCUT2D eigenvalue weighted by atomic mass is 35.5. The first kappa shape index (κ1) is 27.8. The number of hydrogen-bond donors (Lipinski definition) is 1. The topological polar surface area (TPSA) is 42.0 Å². The van der Waals surface area contributed by atoms with Crippen LogP contribution in [0.4, 0.5) is 26.3 Å². The summed E-state index contributed by atoms with van der Waals surface area (Å²) in [6.07, 6.45) is -5.30. The number of nitrogens with one attached hydrogen (secondary N) is 1. The predicted octanol–water partition coefficient (Wildman–Crippen LogP) is 8.35. The monoisotopic (exact) mass is 566 g/mol. The van der Waals surface area contributed by atoms with Crippen molar-refractivity contribution in [3.8, 4) is 0 Å². The Morgan fingerprint density at radius 2 is 1.67 bits per heavy atom. The molecule has 1 unspecified atom stereocenters. The summed E-state index contributed by atoms with van der Waals surface area (Å²) in [5, 5.41) is 1.86. The highest BCUT2D eigenvalue weighted by molar-refractivity contribution is 6.48. The van der Waals surface area contributed by atoms with Gasteiger partial charge in [0.05, 0.1) is 32.1 Å². The van der Waals surface area contributed by atoms with E-state index in [1.807, 2.05) is 0 Å². The number of carbonyl (C=O) groups excluding carboxylic acids is 1. The normalized spacial score (nSPS) is 13.1. The van der Waals surface area contributed by atoms with Gasteiger partial charge in [0, 0.05) is 18.9 Å².